The summed E-state index contributed by atoms with van der Waals surface area (Å²) in [5.74, 6) is 0.971. The standard InChI is InChI=1S/C15H25BrN2O/c1-12-10-13(2)15(14(16)11-12)19-9-5-6-17-7-8-18(3)4/h10-11,17H,5-9H2,1-4H3. The van der Waals surface area contributed by atoms with Gasteiger partial charge in [-0.15, -0.1) is 0 Å². The summed E-state index contributed by atoms with van der Waals surface area (Å²) < 4.78 is 6.90. The van der Waals surface area contributed by atoms with Crippen molar-refractivity contribution in [2.75, 3.05) is 40.3 Å². The van der Waals surface area contributed by atoms with Crippen LogP contribution in [0.3, 0.4) is 0 Å². The van der Waals surface area contributed by atoms with Gasteiger partial charge in [0.25, 0.3) is 0 Å². The van der Waals surface area contributed by atoms with Gasteiger partial charge in [0, 0.05) is 13.1 Å². The molecule has 1 N–H and O–H groups in total. The van der Waals surface area contributed by atoms with Crippen molar-refractivity contribution >= 4 is 15.9 Å². The van der Waals surface area contributed by atoms with E-state index in [1.54, 1.807) is 0 Å². The van der Waals surface area contributed by atoms with Gasteiger partial charge in [-0.05, 0) is 74.0 Å². The van der Waals surface area contributed by atoms with Crippen LogP contribution in [0.4, 0.5) is 0 Å². The number of nitrogens with zero attached hydrogens (tertiary/aromatic N) is 1. The van der Waals surface area contributed by atoms with Gasteiger partial charge in [0.1, 0.15) is 5.75 Å². The third-order valence-electron chi connectivity index (χ3n) is 2.85. The number of halogens is 1. The molecule has 0 radical (unpaired) electrons. The average Bonchev–Trinajstić information content (AvgIpc) is 2.30. The summed E-state index contributed by atoms with van der Waals surface area (Å²) in [5.41, 5.74) is 2.44. The van der Waals surface area contributed by atoms with Crippen molar-refractivity contribution in [3.8, 4) is 5.75 Å². The van der Waals surface area contributed by atoms with Gasteiger partial charge in [0.15, 0.2) is 0 Å². The zero-order valence-electron chi connectivity index (χ0n) is 12.4. The lowest BCUT2D eigenvalue weighted by molar-refractivity contribution is 0.302. The van der Waals surface area contributed by atoms with Gasteiger partial charge in [-0.25, -0.2) is 0 Å². The van der Waals surface area contributed by atoms with Gasteiger partial charge < -0.3 is 15.0 Å². The van der Waals surface area contributed by atoms with Crippen LogP contribution >= 0.6 is 15.9 Å². The first-order valence-corrected chi connectivity index (χ1v) is 7.55. The second-order valence-corrected chi connectivity index (χ2v) is 6.00. The number of benzene rings is 1. The van der Waals surface area contributed by atoms with E-state index in [4.69, 9.17) is 4.74 Å². The number of nitrogens with one attached hydrogen (secondary N) is 1. The summed E-state index contributed by atoms with van der Waals surface area (Å²) in [7, 11) is 4.17. The molecule has 1 aromatic rings. The fraction of sp³-hybridized carbons (Fsp3) is 0.600. The number of hydrogen-bond acceptors (Lipinski definition) is 3. The van der Waals surface area contributed by atoms with Gasteiger partial charge in [0.2, 0.25) is 0 Å². The monoisotopic (exact) mass is 328 g/mol. The number of aryl methyl sites for hydroxylation is 2. The van der Waals surface area contributed by atoms with Gasteiger partial charge in [0.05, 0.1) is 11.1 Å². The molecule has 1 rings (SSSR count). The first kappa shape index (κ1) is 16.5. The first-order valence-electron chi connectivity index (χ1n) is 6.75. The van der Waals surface area contributed by atoms with Gasteiger partial charge in [-0.1, -0.05) is 6.07 Å². The van der Waals surface area contributed by atoms with Crippen molar-refractivity contribution in [2.45, 2.75) is 20.3 Å². The SMILES string of the molecule is Cc1cc(C)c(OCCCNCCN(C)C)c(Br)c1. The molecule has 1 aromatic carbocycles. The average molecular weight is 329 g/mol. The van der Waals surface area contributed by atoms with Crippen molar-refractivity contribution in [3.05, 3.63) is 27.7 Å². The Hall–Kier alpha value is -0.580. The van der Waals surface area contributed by atoms with E-state index >= 15 is 0 Å². The van der Waals surface area contributed by atoms with Gasteiger partial charge >= 0.3 is 0 Å². The Morgan fingerprint density at radius 2 is 1.95 bits per heavy atom. The second kappa shape index (κ2) is 8.56. The van der Waals surface area contributed by atoms with Crippen molar-refractivity contribution in [1.29, 1.82) is 0 Å². The fourth-order valence-corrected chi connectivity index (χ4v) is 2.67. The minimum Gasteiger partial charge on any atom is -0.492 e. The Kier molecular flexibility index (Phi) is 7.42. The van der Waals surface area contributed by atoms with E-state index in [9.17, 15) is 0 Å². The van der Waals surface area contributed by atoms with Crippen LogP contribution in [0.25, 0.3) is 0 Å². The van der Waals surface area contributed by atoms with E-state index in [0.717, 1.165) is 42.9 Å². The zero-order chi connectivity index (χ0) is 14.3. The lowest BCUT2D eigenvalue weighted by atomic mass is 10.1. The van der Waals surface area contributed by atoms with Crippen LogP contribution in [-0.4, -0.2) is 45.2 Å². The molecule has 0 atom stereocenters. The Bertz CT molecular complexity index is 371. The van der Waals surface area contributed by atoms with Crippen LogP contribution < -0.4 is 10.1 Å². The van der Waals surface area contributed by atoms with Crippen LogP contribution in [-0.2, 0) is 0 Å². The molecule has 0 spiro atoms. The molecule has 0 unspecified atom stereocenters. The topological polar surface area (TPSA) is 24.5 Å². The minimum absolute atomic E-state index is 0.747. The molecular weight excluding hydrogens is 304 g/mol. The summed E-state index contributed by atoms with van der Waals surface area (Å²) in [6, 6.07) is 4.24. The molecule has 108 valence electrons. The number of ether oxygens (including phenoxy) is 1. The first-order chi connectivity index (χ1) is 9.00. The third kappa shape index (κ3) is 6.41. The van der Waals surface area contributed by atoms with E-state index in [1.807, 2.05) is 0 Å². The van der Waals surface area contributed by atoms with E-state index in [2.05, 4.69) is 66.2 Å². The van der Waals surface area contributed by atoms with E-state index in [1.165, 1.54) is 11.1 Å². The predicted octanol–water partition coefficient (Wildman–Crippen LogP) is 2.99. The van der Waals surface area contributed by atoms with Crippen LogP contribution in [0.1, 0.15) is 17.5 Å². The summed E-state index contributed by atoms with van der Waals surface area (Å²) in [6.45, 7) is 8.02. The van der Waals surface area contributed by atoms with Crippen molar-refractivity contribution in [3.63, 3.8) is 0 Å². The smallest absolute Gasteiger partial charge is 0.136 e. The number of rotatable bonds is 8. The molecule has 0 aliphatic carbocycles. The highest BCUT2D eigenvalue weighted by molar-refractivity contribution is 9.10. The third-order valence-corrected chi connectivity index (χ3v) is 3.44. The largest absolute Gasteiger partial charge is 0.492 e. The summed E-state index contributed by atoms with van der Waals surface area (Å²) in [5, 5.41) is 3.41. The molecule has 0 bridgehead atoms. The van der Waals surface area contributed by atoms with E-state index in [0.29, 0.717) is 0 Å². The molecule has 0 saturated heterocycles. The second-order valence-electron chi connectivity index (χ2n) is 5.15. The molecule has 0 saturated carbocycles. The molecule has 19 heavy (non-hydrogen) atoms. The summed E-state index contributed by atoms with van der Waals surface area (Å²) in [6.07, 6.45) is 1.02. The Morgan fingerprint density at radius 3 is 2.58 bits per heavy atom. The molecule has 4 heteroatoms. The number of hydrogen-bond donors (Lipinski definition) is 1. The molecule has 0 heterocycles. The fourth-order valence-electron chi connectivity index (χ4n) is 1.88. The predicted molar refractivity (Wildman–Crippen MR) is 85.2 cm³/mol. The highest BCUT2D eigenvalue weighted by atomic mass is 79.9. The summed E-state index contributed by atoms with van der Waals surface area (Å²) >= 11 is 3.56. The molecule has 3 nitrogen and oxygen atoms in total. The zero-order valence-corrected chi connectivity index (χ0v) is 14.0. The Labute approximate surface area is 125 Å². The maximum absolute atomic E-state index is 5.85. The Balaban J connectivity index is 2.23. The van der Waals surface area contributed by atoms with Crippen molar-refractivity contribution in [1.82, 2.24) is 10.2 Å². The maximum atomic E-state index is 5.85. The highest BCUT2D eigenvalue weighted by Gasteiger charge is 2.05. The Morgan fingerprint density at radius 1 is 1.21 bits per heavy atom. The quantitative estimate of drug-likeness (QED) is 0.742. The molecule has 0 fully saturated rings. The normalized spacial score (nSPS) is 11.1. The van der Waals surface area contributed by atoms with Crippen LogP contribution in [0.5, 0.6) is 5.75 Å². The highest BCUT2D eigenvalue weighted by Crippen LogP contribution is 2.30. The lowest BCUT2D eigenvalue weighted by Crippen LogP contribution is -2.27. The molecule has 0 aliphatic rings. The van der Waals surface area contributed by atoms with Gasteiger partial charge in [-0.2, -0.15) is 0 Å². The molecular formula is C15H25BrN2O. The lowest BCUT2D eigenvalue weighted by Gasteiger charge is -2.13. The maximum Gasteiger partial charge on any atom is 0.136 e. The van der Waals surface area contributed by atoms with E-state index < -0.39 is 0 Å². The van der Waals surface area contributed by atoms with Crippen molar-refractivity contribution < 1.29 is 4.74 Å². The number of likely N-dealkylation sites (N-methyl/N-ethyl adjacent to an activating group) is 1. The van der Waals surface area contributed by atoms with Crippen LogP contribution in [0.15, 0.2) is 16.6 Å². The van der Waals surface area contributed by atoms with Crippen LogP contribution in [0.2, 0.25) is 0 Å². The van der Waals surface area contributed by atoms with Crippen LogP contribution in [0, 0.1) is 13.8 Å². The van der Waals surface area contributed by atoms with E-state index in [-0.39, 0.29) is 0 Å². The van der Waals surface area contributed by atoms with Crippen molar-refractivity contribution in [2.24, 2.45) is 0 Å². The molecule has 0 aromatic heterocycles. The minimum atomic E-state index is 0.747. The molecule has 0 aliphatic heterocycles. The molecule has 0 amide bonds. The van der Waals surface area contributed by atoms with Gasteiger partial charge in [-0.3, -0.25) is 0 Å². The summed E-state index contributed by atoms with van der Waals surface area (Å²) in [4.78, 5) is 2.18.